The fourth-order valence-electron chi connectivity index (χ4n) is 1.78. The van der Waals surface area contributed by atoms with Crippen LogP contribution in [0.5, 0.6) is 0 Å². The molecule has 1 amide bonds. The number of halogens is 1. The van der Waals surface area contributed by atoms with Crippen molar-refractivity contribution in [3.8, 4) is 0 Å². The molecule has 2 rings (SSSR count). The standard InChI is InChI=1S/C11H11BrN2O5S/c1-5(11(16)17)14-20(18,19)9-2-6-3-10(15)13-8(6)4-7(9)12/h2,4-5,14H,3H2,1H3,(H,13,15)(H,16,17)/t5-/m0/s1. The molecule has 1 aliphatic rings. The zero-order valence-corrected chi connectivity index (χ0v) is 12.7. The Morgan fingerprint density at radius 1 is 1.50 bits per heavy atom. The highest BCUT2D eigenvalue weighted by molar-refractivity contribution is 9.10. The Morgan fingerprint density at radius 2 is 2.15 bits per heavy atom. The van der Waals surface area contributed by atoms with E-state index in [0.717, 1.165) is 0 Å². The number of carboxylic acid groups (broad SMARTS) is 1. The summed E-state index contributed by atoms with van der Waals surface area (Å²) in [4.78, 5) is 21.9. The third-order valence-electron chi connectivity index (χ3n) is 2.77. The first-order valence-corrected chi connectivity index (χ1v) is 7.86. The van der Waals surface area contributed by atoms with E-state index in [-0.39, 0.29) is 21.7 Å². The smallest absolute Gasteiger partial charge is 0.321 e. The molecule has 0 aromatic heterocycles. The van der Waals surface area contributed by atoms with Crippen LogP contribution in [-0.4, -0.2) is 31.4 Å². The Bertz CT molecular complexity index is 701. The molecule has 0 aliphatic carbocycles. The number of hydrogen-bond donors (Lipinski definition) is 3. The van der Waals surface area contributed by atoms with Gasteiger partial charge in [0.05, 0.1) is 11.3 Å². The van der Waals surface area contributed by atoms with Crippen molar-refractivity contribution in [2.45, 2.75) is 24.3 Å². The molecule has 7 nitrogen and oxygen atoms in total. The maximum Gasteiger partial charge on any atom is 0.321 e. The fraction of sp³-hybridized carbons (Fsp3) is 0.273. The lowest BCUT2D eigenvalue weighted by atomic mass is 10.2. The van der Waals surface area contributed by atoms with Gasteiger partial charge in [0, 0.05) is 10.2 Å². The van der Waals surface area contributed by atoms with E-state index in [1.165, 1.54) is 19.1 Å². The molecule has 1 aliphatic heterocycles. The Balaban J connectivity index is 2.41. The summed E-state index contributed by atoms with van der Waals surface area (Å²) in [6, 6.07) is 1.59. The first kappa shape index (κ1) is 14.9. The highest BCUT2D eigenvalue weighted by Gasteiger charge is 2.27. The first-order chi connectivity index (χ1) is 9.20. The molecule has 1 aromatic carbocycles. The van der Waals surface area contributed by atoms with Gasteiger partial charge in [0.25, 0.3) is 0 Å². The molecule has 0 saturated carbocycles. The van der Waals surface area contributed by atoms with Crippen LogP contribution < -0.4 is 10.0 Å². The Kier molecular flexibility index (Phi) is 3.85. The summed E-state index contributed by atoms with van der Waals surface area (Å²) in [6.07, 6.45) is 0.0968. The summed E-state index contributed by atoms with van der Waals surface area (Å²) < 4.78 is 26.6. The van der Waals surface area contributed by atoms with Gasteiger partial charge in [0.2, 0.25) is 15.9 Å². The second-order valence-corrected chi connectivity index (χ2v) is 6.88. The van der Waals surface area contributed by atoms with Gasteiger partial charge in [-0.05, 0) is 40.5 Å². The number of anilines is 1. The van der Waals surface area contributed by atoms with Gasteiger partial charge in [-0.25, -0.2) is 8.42 Å². The molecule has 0 spiro atoms. The van der Waals surface area contributed by atoms with Crippen molar-refractivity contribution < 1.29 is 23.1 Å². The van der Waals surface area contributed by atoms with Crippen LogP contribution in [-0.2, 0) is 26.0 Å². The lowest BCUT2D eigenvalue weighted by Crippen LogP contribution is -2.38. The average molecular weight is 363 g/mol. The number of carboxylic acids is 1. The highest BCUT2D eigenvalue weighted by atomic mass is 79.9. The summed E-state index contributed by atoms with van der Waals surface area (Å²) >= 11 is 3.11. The van der Waals surface area contributed by atoms with Crippen LogP contribution in [0.1, 0.15) is 12.5 Å². The van der Waals surface area contributed by atoms with Gasteiger partial charge in [-0.15, -0.1) is 0 Å². The minimum Gasteiger partial charge on any atom is -0.480 e. The van der Waals surface area contributed by atoms with E-state index in [1.807, 2.05) is 0 Å². The molecular formula is C11H11BrN2O5S. The van der Waals surface area contributed by atoms with Crippen LogP contribution in [0.15, 0.2) is 21.5 Å². The Hall–Kier alpha value is -1.45. The molecule has 0 unspecified atom stereocenters. The Morgan fingerprint density at radius 3 is 2.75 bits per heavy atom. The van der Waals surface area contributed by atoms with Gasteiger partial charge in [-0.2, -0.15) is 4.72 Å². The number of amides is 1. The molecule has 0 bridgehead atoms. The number of hydrogen-bond acceptors (Lipinski definition) is 4. The number of fused-ring (bicyclic) bond motifs is 1. The summed E-state index contributed by atoms with van der Waals surface area (Å²) in [5.41, 5.74) is 1.11. The van der Waals surface area contributed by atoms with E-state index in [2.05, 4.69) is 26.0 Å². The SMILES string of the molecule is C[C@H](NS(=O)(=O)c1cc2c(cc1Br)NC(=O)C2)C(=O)O. The lowest BCUT2D eigenvalue weighted by Gasteiger charge is -2.12. The molecule has 1 atom stereocenters. The van der Waals surface area contributed by atoms with Crippen molar-refractivity contribution >= 4 is 43.5 Å². The molecule has 3 N–H and O–H groups in total. The fourth-order valence-corrected chi connectivity index (χ4v) is 4.07. The van der Waals surface area contributed by atoms with Crippen LogP contribution in [0.4, 0.5) is 5.69 Å². The quantitative estimate of drug-likeness (QED) is 0.729. The van der Waals surface area contributed by atoms with E-state index >= 15 is 0 Å². The first-order valence-electron chi connectivity index (χ1n) is 5.58. The molecule has 20 heavy (non-hydrogen) atoms. The number of nitrogens with one attached hydrogen (secondary N) is 2. The van der Waals surface area contributed by atoms with Crippen LogP contribution in [0, 0.1) is 0 Å². The second kappa shape index (κ2) is 5.15. The van der Waals surface area contributed by atoms with Crippen LogP contribution in [0.25, 0.3) is 0 Å². The third-order valence-corrected chi connectivity index (χ3v) is 5.27. The molecule has 1 heterocycles. The zero-order valence-electron chi connectivity index (χ0n) is 10.3. The normalized spacial score (nSPS) is 15.6. The monoisotopic (exact) mass is 362 g/mol. The van der Waals surface area contributed by atoms with Crippen molar-refractivity contribution in [1.82, 2.24) is 4.72 Å². The van der Waals surface area contributed by atoms with E-state index in [1.54, 1.807) is 0 Å². The van der Waals surface area contributed by atoms with E-state index in [9.17, 15) is 18.0 Å². The molecule has 0 saturated heterocycles. The summed E-state index contributed by atoms with van der Waals surface area (Å²) in [5.74, 6) is -1.49. The zero-order chi connectivity index (χ0) is 15.1. The minimum atomic E-state index is -3.99. The third kappa shape index (κ3) is 2.84. The van der Waals surface area contributed by atoms with Crippen LogP contribution in [0.3, 0.4) is 0 Å². The van der Waals surface area contributed by atoms with Gasteiger partial charge in [-0.3, -0.25) is 9.59 Å². The topological polar surface area (TPSA) is 113 Å². The number of carbonyl (C=O) groups excluding carboxylic acids is 1. The predicted octanol–water partition coefficient (Wildman–Crippen LogP) is 0.695. The summed E-state index contributed by atoms with van der Waals surface area (Å²) in [7, 11) is -3.99. The largest absolute Gasteiger partial charge is 0.480 e. The minimum absolute atomic E-state index is 0.0964. The number of benzene rings is 1. The predicted molar refractivity (Wildman–Crippen MR) is 73.9 cm³/mol. The van der Waals surface area contributed by atoms with Crippen molar-refractivity contribution in [2.24, 2.45) is 0 Å². The van der Waals surface area contributed by atoms with Gasteiger partial charge < -0.3 is 10.4 Å². The van der Waals surface area contributed by atoms with Gasteiger partial charge in [0.15, 0.2) is 0 Å². The maximum absolute atomic E-state index is 12.1. The molecule has 1 aromatic rings. The van der Waals surface area contributed by atoms with Crippen molar-refractivity contribution in [2.75, 3.05) is 5.32 Å². The van der Waals surface area contributed by atoms with Gasteiger partial charge in [0.1, 0.15) is 6.04 Å². The lowest BCUT2D eigenvalue weighted by molar-refractivity contribution is -0.138. The summed E-state index contributed by atoms with van der Waals surface area (Å²) in [6.45, 7) is 1.23. The van der Waals surface area contributed by atoms with E-state index in [4.69, 9.17) is 5.11 Å². The van der Waals surface area contributed by atoms with Gasteiger partial charge in [-0.1, -0.05) is 0 Å². The second-order valence-electron chi connectivity index (χ2n) is 4.35. The van der Waals surface area contributed by atoms with Crippen molar-refractivity contribution in [3.05, 3.63) is 22.2 Å². The molecule has 0 radical (unpaired) electrons. The van der Waals surface area contributed by atoms with Crippen LogP contribution >= 0.6 is 15.9 Å². The molecular weight excluding hydrogens is 352 g/mol. The van der Waals surface area contributed by atoms with Crippen molar-refractivity contribution in [3.63, 3.8) is 0 Å². The van der Waals surface area contributed by atoms with E-state index < -0.39 is 22.0 Å². The molecule has 9 heteroatoms. The van der Waals surface area contributed by atoms with Crippen molar-refractivity contribution in [1.29, 1.82) is 0 Å². The maximum atomic E-state index is 12.1. The Labute approximate surface area is 123 Å². The molecule has 0 fully saturated rings. The van der Waals surface area contributed by atoms with E-state index in [0.29, 0.717) is 11.3 Å². The number of rotatable bonds is 4. The number of carbonyl (C=O) groups is 2. The van der Waals surface area contributed by atoms with Gasteiger partial charge >= 0.3 is 5.97 Å². The highest BCUT2D eigenvalue weighted by Crippen LogP contribution is 2.32. The number of aliphatic carboxylic acids is 1. The average Bonchev–Trinajstić information content (AvgIpc) is 2.66. The molecule has 108 valence electrons. The number of sulfonamides is 1. The van der Waals surface area contributed by atoms with Crippen LogP contribution in [0.2, 0.25) is 0 Å². The summed E-state index contributed by atoms with van der Waals surface area (Å²) in [5, 5.41) is 11.4.